The molecule has 0 aliphatic carbocycles. The number of hydrogen-bond acceptors (Lipinski definition) is 18. The Labute approximate surface area is 639 Å². The molecule has 19 heteroatoms. The molecule has 0 spiro atoms. The predicted molar refractivity (Wildman–Crippen MR) is 425 cm³/mol. The highest BCUT2D eigenvalue weighted by molar-refractivity contribution is 6.17. The van der Waals surface area contributed by atoms with Crippen LogP contribution >= 0.6 is 11.6 Å². The number of alkyl halides is 1. The van der Waals surface area contributed by atoms with E-state index in [1.54, 1.807) is 56.9 Å². The van der Waals surface area contributed by atoms with Gasteiger partial charge in [-0.2, -0.15) is 0 Å². The second-order valence-corrected chi connectivity index (χ2v) is 29.2. The second kappa shape index (κ2) is 34.8. The fourth-order valence-electron chi connectivity index (χ4n) is 17.1. The Hall–Kier alpha value is -8.59. The van der Waals surface area contributed by atoms with Gasteiger partial charge in [-0.25, -0.2) is 0 Å². The van der Waals surface area contributed by atoms with E-state index in [4.69, 9.17) is 68.4 Å². The van der Waals surface area contributed by atoms with E-state index in [-0.39, 0.29) is 44.9 Å². The molecule has 0 radical (unpaired) electrons. The van der Waals surface area contributed by atoms with Crippen LogP contribution in [-0.4, -0.2) is 162 Å². The molecule has 2 saturated heterocycles. The molecule has 0 amide bonds. The van der Waals surface area contributed by atoms with Crippen LogP contribution < -0.4 is 62.2 Å². The van der Waals surface area contributed by atoms with E-state index < -0.39 is 0 Å². The molecule has 8 aromatic carbocycles. The fraction of sp³-hybridized carbons (Fsp3) is 0.455. The molecule has 572 valence electrons. The maximum atomic E-state index is 7.24. The maximum absolute atomic E-state index is 7.24. The van der Waals surface area contributed by atoms with Gasteiger partial charge < -0.3 is 62.2 Å². The summed E-state index contributed by atoms with van der Waals surface area (Å²) in [6, 6.07) is 38.2. The van der Waals surface area contributed by atoms with Crippen LogP contribution in [0.25, 0.3) is 0 Å². The lowest BCUT2D eigenvalue weighted by molar-refractivity contribution is 0.217. The summed E-state index contributed by atoms with van der Waals surface area (Å²) in [6.45, 7) is 9.14. The minimum Gasteiger partial charge on any atom is -0.493 e. The maximum Gasteiger partial charge on any atom is 0.204 e. The van der Waals surface area contributed by atoms with Gasteiger partial charge >= 0.3 is 0 Å². The summed E-state index contributed by atoms with van der Waals surface area (Å²) >= 11 is 6.69. The molecular formula is C88H111ClN6O12. The second-order valence-electron chi connectivity index (χ2n) is 29.0. The molecule has 0 unspecified atom stereocenters. The minimum atomic E-state index is -0.0626. The Morgan fingerprint density at radius 1 is 0.383 bits per heavy atom. The first-order chi connectivity index (χ1) is 51.2. The number of ether oxygens (including phenoxy) is 12. The van der Waals surface area contributed by atoms with E-state index in [9.17, 15) is 0 Å². The van der Waals surface area contributed by atoms with Crippen molar-refractivity contribution in [3.8, 4) is 92.0 Å². The number of methoxy groups -OCH3 is 8. The average Bonchev–Trinajstić information content (AvgIpc) is 1.23. The number of fused-ring (bicyclic) bond motifs is 4. The molecule has 18 rings (SSSR count). The molecule has 12 bridgehead atoms. The molecule has 10 heterocycles. The zero-order chi connectivity index (χ0) is 73.0. The predicted octanol–water partition coefficient (Wildman–Crippen LogP) is 17.3. The Bertz CT molecular complexity index is 4400. The van der Waals surface area contributed by atoms with Crippen molar-refractivity contribution in [2.45, 2.75) is 128 Å². The van der Waals surface area contributed by atoms with Crippen LogP contribution in [0.2, 0.25) is 0 Å². The zero-order valence-electron chi connectivity index (χ0n) is 63.3. The lowest BCUT2D eigenvalue weighted by Crippen LogP contribution is -2.35. The van der Waals surface area contributed by atoms with Crippen molar-refractivity contribution in [3.63, 3.8) is 0 Å². The van der Waals surface area contributed by atoms with Crippen molar-refractivity contribution < 1.29 is 56.8 Å². The number of likely N-dealkylation sites (N-methyl/N-ethyl adjacent to an activating group) is 4. The number of nitrogens with one attached hydrogen (secondary N) is 1. The molecule has 0 saturated carbocycles. The van der Waals surface area contributed by atoms with Crippen molar-refractivity contribution in [1.82, 2.24) is 29.8 Å². The van der Waals surface area contributed by atoms with Crippen LogP contribution in [0.4, 0.5) is 0 Å². The van der Waals surface area contributed by atoms with Crippen LogP contribution in [0.3, 0.4) is 0 Å². The third-order valence-electron chi connectivity index (χ3n) is 22.9. The van der Waals surface area contributed by atoms with Crippen LogP contribution in [-0.2, 0) is 63.8 Å². The van der Waals surface area contributed by atoms with Crippen molar-refractivity contribution in [1.29, 1.82) is 0 Å². The highest BCUT2D eigenvalue weighted by atomic mass is 35.5. The lowest BCUT2D eigenvalue weighted by atomic mass is 9.84. The Kier molecular flexibility index (Phi) is 25.3. The third-order valence-corrected chi connectivity index (χ3v) is 23.2. The molecule has 10 aliphatic heterocycles. The summed E-state index contributed by atoms with van der Waals surface area (Å²) in [7, 11) is 22.4. The van der Waals surface area contributed by atoms with Crippen molar-refractivity contribution in [3.05, 3.63) is 187 Å². The van der Waals surface area contributed by atoms with Gasteiger partial charge in [0.1, 0.15) is 11.5 Å². The van der Waals surface area contributed by atoms with Gasteiger partial charge in [0, 0.05) is 79.1 Å². The highest BCUT2D eigenvalue weighted by Gasteiger charge is 2.40. The zero-order valence-corrected chi connectivity index (χ0v) is 64.0. The molecule has 2 fully saturated rings. The van der Waals surface area contributed by atoms with Gasteiger partial charge in [-0.15, -0.1) is 11.6 Å². The fourth-order valence-corrected chi connectivity index (χ4v) is 17.4. The SMILES string of the molecule is C.C.C1CCNC1.COc1ccc2cc1Oc1ccc(cc1)C[C@H]1c3cc(c(OC)cc3CCN1C)Oc1c(OC)c(OC)c(CCl)c3c1[C@H](C2)N(C)CC3.COc1ccc2cc1Oc1ccc(cc1)C[C@H]1c3cc(c(OC)cc3CCN1C)Oc1c(OC)c(OC)c(CN3CCCC3)c3c1[C@H](C2)N(C)CC3. The van der Waals surface area contributed by atoms with Gasteiger partial charge in [0.2, 0.25) is 11.5 Å². The summed E-state index contributed by atoms with van der Waals surface area (Å²) in [5, 5.41) is 3.22. The first-order valence-corrected chi connectivity index (χ1v) is 37.8. The number of halogens is 1. The van der Waals surface area contributed by atoms with Crippen LogP contribution in [0.15, 0.2) is 109 Å². The van der Waals surface area contributed by atoms with E-state index >= 15 is 0 Å². The summed E-state index contributed by atoms with van der Waals surface area (Å²) in [6.07, 6.45) is 11.8. The largest absolute Gasteiger partial charge is 0.493 e. The van der Waals surface area contributed by atoms with Gasteiger partial charge in [0.05, 0.1) is 62.8 Å². The van der Waals surface area contributed by atoms with Gasteiger partial charge in [-0.3, -0.25) is 24.5 Å². The number of benzene rings is 8. The standard InChI is InChI=1S/C43H51N3O6.C39H43ClN2O6.C4H9N.2CH4/c1-44-19-15-29-24-37(48-4)39-25-32(29)34(44)21-27-9-12-30(13-10-27)51-38-23-28(11-14-36(38)47-3)22-35-40-31(16-20-45(35)2)33(26-46-17-7-8-18-46)41(49-5)43(50-6)42(40)52-39;1-41-15-13-25-20-33(44-4)35-21-28(25)30(41)17-23-7-10-26(11-8-23)47-34-19-24(9-12-32(34)43-3)18-31-36-27(14-16-42(31)2)29(22-40)37(45-5)39(46-6)38(36)48-35;1-2-4-5-3-1;;/h9-14,23-25,34-35H,7-8,15-22,26H2,1-6H3;7-12,19-21,30-31H,13-18,22H2,1-6H3;5H,1-4H2;2*1H4/t34-,35-;30-,31-;;;/m00.../s1. The lowest BCUT2D eigenvalue weighted by Gasteiger charge is -2.39. The van der Waals surface area contributed by atoms with Gasteiger partial charge in [0.15, 0.2) is 69.0 Å². The molecule has 8 aromatic rings. The van der Waals surface area contributed by atoms with Crippen LogP contribution in [0, 0.1) is 0 Å². The summed E-state index contributed by atoms with van der Waals surface area (Å²) in [5.41, 5.74) is 16.5. The summed E-state index contributed by atoms with van der Waals surface area (Å²) < 4.78 is 75.7. The van der Waals surface area contributed by atoms with Gasteiger partial charge in [0.25, 0.3) is 0 Å². The average molecular weight is 1480 g/mol. The van der Waals surface area contributed by atoms with E-state index in [1.807, 2.05) is 24.3 Å². The van der Waals surface area contributed by atoms with Crippen molar-refractivity contribution in [2.24, 2.45) is 0 Å². The quantitative estimate of drug-likeness (QED) is 0.123. The topological polar surface area (TPSA) is 139 Å². The smallest absolute Gasteiger partial charge is 0.204 e. The first-order valence-electron chi connectivity index (χ1n) is 37.3. The van der Waals surface area contributed by atoms with E-state index in [0.717, 1.165) is 147 Å². The third kappa shape index (κ3) is 16.0. The normalized spacial score (nSPS) is 19.4. The van der Waals surface area contributed by atoms with Crippen molar-refractivity contribution in [2.75, 3.05) is 137 Å². The minimum absolute atomic E-state index is 0. The molecule has 18 nitrogen and oxygen atoms in total. The summed E-state index contributed by atoms with van der Waals surface area (Å²) in [4.78, 5) is 12.2. The summed E-state index contributed by atoms with van der Waals surface area (Å²) in [5.74, 6) is 11.1. The monoisotopic (exact) mass is 1480 g/mol. The molecule has 1 N–H and O–H groups in total. The molecule has 107 heavy (non-hydrogen) atoms. The number of nitrogens with zero attached hydrogens (tertiary/aromatic N) is 5. The molecular weight excluding hydrogens is 1370 g/mol. The number of likely N-dealkylation sites (tertiary alicyclic amines) is 1. The van der Waals surface area contributed by atoms with Gasteiger partial charge in [-0.1, -0.05) is 51.3 Å². The highest BCUT2D eigenvalue weighted by Crippen LogP contribution is 2.57. The Morgan fingerprint density at radius 2 is 0.757 bits per heavy atom. The van der Waals surface area contributed by atoms with Gasteiger partial charge in [-0.05, 0) is 260 Å². The van der Waals surface area contributed by atoms with E-state index in [0.29, 0.717) is 75.4 Å². The molecule has 0 aromatic heterocycles. The molecule has 4 atom stereocenters. The van der Waals surface area contributed by atoms with Crippen LogP contribution in [0.5, 0.6) is 92.0 Å². The van der Waals surface area contributed by atoms with Crippen LogP contribution in [0.1, 0.15) is 143 Å². The Morgan fingerprint density at radius 3 is 1.15 bits per heavy atom. The van der Waals surface area contributed by atoms with E-state index in [2.05, 4.69) is 143 Å². The number of rotatable bonds is 11. The molecule has 10 aliphatic rings. The van der Waals surface area contributed by atoms with Crippen molar-refractivity contribution >= 4 is 11.6 Å². The first kappa shape index (κ1) is 78.0. The number of hydrogen-bond donors (Lipinski definition) is 1. The Balaban J connectivity index is 0.000000185. The van der Waals surface area contributed by atoms with E-state index in [1.165, 1.54) is 83.3 Å².